The molecule has 0 radical (unpaired) electrons. The van der Waals surface area contributed by atoms with E-state index in [0.717, 1.165) is 30.6 Å². The van der Waals surface area contributed by atoms with Gasteiger partial charge in [0.05, 0.1) is 0 Å². The normalized spacial score (nSPS) is 14.6. The molecule has 1 amide bonds. The second-order valence-electron chi connectivity index (χ2n) is 3.43. The van der Waals surface area contributed by atoms with Gasteiger partial charge in [0.1, 0.15) is 0 Å². The maximum Gasteiger partial charge on any atom is 0.254 e. The third kappa shape index (κ3) is 1.62. The lowest BCUT2D eigenvalue weighted by atomic mass is 10.1. The van der Waals surface area contributed by atoms with Crippen LogP contribution in [0.4, 0.5) is 0 Å². The van der Waals surface area contributed by atoms with Crippen molar-refractivity contribution < 1.29 is 4.79 Å². The Morgan fingerprint density at radius 2 is 2.14 bits per heavy atom. The molecule has 0 saturated heterocycles. The van der Waals surface area contributed by atoms with Crippen molar-refractivity contribution in [2.75, 3.05) is 12.4 Å². The Hall–Kier alpha value is -1.02. The molecule has 0 aromatic heterocycles. The highest BCUT2D eigenvalue weighted by Gasteiger charge is 2.25. The summed E-state index contributed by atoms with van der Waals surface area (Å²) in [5, 5.41) is 0. The van der Waals surface area contributed by atoms with Gasteiger partial charge < -0.3 is 4.90 Å². The lowest BCUT2D eigenvalue weighted by molar-refractivity contribution is 0.0779. The topological polar surface area (TPSA) is 20.3 Å². The molecule has 1 aromatic rings. The lowest BCUT2D eigenvalue weighted by Gasteiger charge is -2.13. The van der Waals surface area contributed by atoms with Gasteiger partial charge in [0.2, 0.25) is 0 Å². The molecular formula is C11H12ClNO. The fourth-order valence-corrected chi connectivity index (χ4v) is 1.87. The summed E-state index contributed by atoms with van der Waals surface area (Å²) in [7, 11) is 0. The molecule has 1 aliphatic heterocycles. The molecule has 3 heteroatoms. The van der Waals surface area contributed by atoms with E-state index in [0.29, 0.717) is 5.88 Å². The fourth-order valence-electron chi connectivity index (χ4n) is 1.75. The molecule has 2 rings (SSSR count). The zero-order valence-electron chi connectivity index (χ0n) is 7.87. The zero-order valence-corrected chi connectivity index (χ0v) is 8.63. The highest BCUT2D eigenvalue weighted by Crippen LogP contribution is 2.22. The van der Waals surface area contributed by atoms with Crippen LogP contribution in [0.3, 0.4) is 0 Å². The van der Waals surface area contributed by atoms with Gasteiger partial charge in [-0.25, -0.2) is 0 Å². The lowest BCUT2D eigenvalue weighted by Crippen LogP contribution is -2.25. The van der Waals surface area contributed by atoms with Gasteiger partial charge in [-0.15, -0.1) is 11.6 Å². The summed E-state index contributed by atoms with van der Waals surface area (Å²) in [6, 6.07) is 7.77. The fraction of sp³-hybridized carbons (Fsp3) is 0.364. The van der Waals surface area contributed by atoms with Crippen LogP contribution in [0, 0.1) is 0 Å². The number of fused-ring (bicyclic) bond motifs is 1. The highest BCUT2D eigenvalue weighted by atomic mass is 35.5. The predicted octanol–water partition coefficient (Wildman–Crippen LogP) is 2.27. The first kappa shape index (κ1) is 9.53. The molecule has 0 bridgehead atoms. The summed E-state index contributed by atoms with van der Waals surface area (Å²) in [5.74, 6) is 0.755. The van der Waals surface area contributed by atoms with E-state index in [2.05, 4.69) is 0 Å². The van der Waals surface area contributed by atoms with Gasteiger partial charge in [-0.2, -0.15) is 0 Å². The first-order chi connectivity index (χ1) is 6.83. The monoisotopic (exact) mass is 209 g/mol. The van der Waals surface area contributed by atoms with Crippen molar-refractivity contribution in [3.8, 4) is 0 Å². The highest BCUT2D eigenvalue weighted by molar-refractivity contribution is 6.17. The molecule has 1 heterocycles. The van der Waals surface area contributed by atoms with E-state index in [1.807, 2.05) is 29.2 Å². The van der Waals surface area contributed by atoms with Gasteiger partial charge in [0.25, 0.3) is 5.91 Å². The third-order valence-corrected chi connectivity index (χ3v) is 2.73. The smallest absolute Gasteiger partial charge is 0.254 e. The molecule has 1 aliphatic rings. The minimum absolute atomic E-state index is 0.144. The van der Waals surface area contributed by atoms with Crippen LogP contribution in [-0.4, -0.2) is 23.2 Å². The number of hydrogen-bond acceptors (Lipinski definition) is 1. The van der Waals surface area contributed by atoms with Crippen LogP contribution >= 0.6 is 11.6 Å². The van der Waals surface area contributed by atoms with E-state index >= 15 is 0 Å². The Balaban J connectivity index is 2.13. The predicted molar refractivity (Wildman–Crippen MR) is 56.5 cm³/mol. The van der Waals surface area contributed by atoms with Gasteiger partial charge in [-0.1, -0.05) is 18.2 Å². The Labute approximate surface area is 88.5 Å². The van der Waals surface area contributed by atoms with E-state index in [1.54, 1.807) is 0 Å². The zero-order chi connectivity index (χ0) is 9.97. The van der Waals surface area contributed by atoms with Gasteiger partial charge in [0, 0.05) is 24.5 Å². The number of hydrogen-bond donors (Lipinski definition) is 0. The van der Waals surface area contributed by atoms with Gasteiger partial charge in [-0.3, -0.25) is 4.79 Å². The van der Waals surface area contributed by atoms with E-state index in [4.69, 9.17) is 11.6 Å². The largest absolute Gasteiger partial charge is 0.334 e. The molecule has 1 aromatic carbocycles. The first-order valence-electron chi connectivity index (χ1n) is 4.76. The number of halogens is 1. The van der Waals surface area contributed by atoms with Crippen LogP contribution in [0.2, 0.25) is 0 Å². The number of carbonyl (C=O) groups is 1. The summed E-state index contributed by atoms with van der Waals surface area (Å²) >= 11 is 5.60. The van der Waals surface area contributed by atoms with Crippen molar-refractivity contribution in [1.29, 1.82) is 0 Å². The second kappa shape index (κ2) is 4.01. The van der Waals surface area contributed by atoms with Crippen molar-refractivity contribution in [1.82, 2.24) is 4.90 Å². The summed E-state index contributed by atoms with van der Waals surface area (Å²) in [4.78, 5) is 13.6. The molecular weight excluding hydrogens is 198 g/mol. The molecule has 14 heavy (non-hydrogen) atoms. The first-order valence-corrected chi connectivity index (χ1v) is 5.29. The summed E-state index contributed by atoms with van der Waals surface area (Å²) in [5.41, 5.74) is 1.98. The molecule has 0 fully saturated rings. The maximum atomic E-state index is 11.8. The molecule has 0 atom stereocenters. The van der Waals surface area contributed by atoms with E-state index < -0.39 is 0 Å². The molecule has 2 nitrogen and oxygen atoms in total. The Morgan fingerprint density at radius 3 is 2.86 bits per heavy atom. The molecule has 0 spiro atoms. The number of amides is 1. The van der Waals surface area contributed by atoms with Gasteiger partial charge in [0.15, 0.2) is 0 Å². The summed E-state index contributed by atoms with van der Waals surface area (Å²) < 4.78 is 0. The summed E-state index contributed by atoms with van der Waals surface area (Å²) in [6.45, 7) is 1.50. The Morgan fingerprint density at radius 1 is 1.36 bits per heavy atom. The maximum absolute atomic E-state index is 11.8. The molecule has 74 valence electrons. The van der Waals surface area contributed by atoms with Crippen molar-refractivity contribution in [3.05, 3.63) is 35.4 Å². The molecule has 0 saturated carbocycles. The van der Waals surface area contributed by atoms with Gasteiger partial charge >= 0.3 is 0 Å². The van der Waals surface area contributed by atoms with E-state index in [9.17, 15) is 4.79 Å². The SMILES string of the molecule is O=C1c2ccccc2CN1CCCCl. The summed E-state index contributed by atoms with van der Waals surface area (Å²) in [6.07, 6.45) is 0.862. The Kier molecular flexibility index (Phi) is 2.73. The van der Waals surface area contributed by atoms with E-state index in [1.165, 1.54) is 0 Å². The van der Waals surface area contributed by atoms with Crippen molar-refractivity contribution in [2.24, 2.45) is 0 Å². The molecule has 0 unspecified atom stereocenters. The van der Waals surface area contributed by atoms with Crippen LogP contribution in [0.25, 0.3) is 0 Å². The van der Waals surface area contributed by atoms with E-state index in [-0.39, 0.29) is 5.91 Å². The van der Waals surface area contributed by atoms with Crippen LogP contribution in [0.1, 0.15) is 22.3 Å². The van der Waals surface area contributed by atoms with Crippen molar-refractivity contribution in [2.45, 2.75) is 13.0 Å². The number of nitrogens with zero attached hydrogens (tertiary/aromatic N) is 1. The van der Waals surface area contributed by atoms with Crippen LogP contribution < -0.4 is 0 Å². The van der Waals surface area contributed by atoms with Crippen molar-refractivity contribution >= 4 is 17.5 Å². The van der Waals surface area contributed by atoms with Crippen LogP contribution in [-0.2, 0) is 6.54 Å². The number of alkyl halides is 1. The average Bonchev–Trinajstić information content (AvgIpc) is 2.54. The van der Waals surface area contributed by atoms with Crippen LogP contribution in [0.15, 0.2) is 24.3 Å². The third-order valence-electron chi connectivity index (χ3n) is 2.46. The standard InChI is InChI=1S/C11H12ClNO/c12-6-3-7-13-8-9-4-1-2-5-10(9)11(13)14/h1-2,4-5H,3,6-8H2. The quantitative estimate of drug-likeness (QED) is 0.700. The number of rotatable bonds is 3. The average molecular weight is 210 g/mol. The van der Waals surface area contributed by atoms with Crippen LogP contribution in [0.5, 0.6) is 0 Å². The number of benzene rings is 1. The second-order valence-corrected chi connectivity index (χ2v) is 3.80. The Bertz CT molecular complexity index is 351. The molecule has 0 aliphatic carbocycles. The molecule has 0 N–H and O–H groups in total. The van der Waals surface area contributed by atoms with Gasteiger partial charge in [-0.05, 0) is 18.1 Å². The van der Waals surface area contributed by atoms with Crippen molar-refractivity contribution in [3.63, 3.8) is 0 Å². The minimum atomic E-state index is 0.144. The number of carbonyl (C=O) groups excluding carboxylic acids is 1. The minimum Gasteiger partial charge on any atom is -0.334 e.